The van der Waals surface area contributed by atoms with Crippen molar-refractivity contribution in [1.29, 1.82) is 0 Å². The Morgan fingerprint density at radius 3 is 2.13 bits per heavy atom. The number of carbonyl (C=O) groups is 3. The van der Waals surface area contributed by atoms with Gasteiger partial charge >= 0.3 is 11.9 Å². The zero-order chi connectivity index (χ0) is 22.2. The van der Waals surface area contributed by atoms with Crippen LogP contribution < -0.4 is 5.32 Å². The van der Waals surface area contributed by atoms with Gasteiger partial charge in [-0.2, -0.15) is 0 Å². The molecular formula is C24H37NO5. The van der Waals surface area contributed by atoms with E-state index in [0.29, 0.717) is 12.3 Å². The highest BCUT2D eigenvalue weighted by Crippen LogP contribution is 2.13. The fourth-order valence-electron chi connectivity index (χ4n) is 3.08. The van der Waals surface area contributed by atoms with Gasteiger partial charge in [-0.15, -0.1) is 0 Å². The highest BCUT2D eigenvalue weighted by atomic mass is 16.6. The lowest BCUT2D eigenvalue weighted by Gasteiger charge is -2.13. The smallest absolute Gasteiger partial charge is 0.347 e. The molecule has 1 N–H and O–H groups in total. The van der Waals surface area contributed by atoms with Gasteiger partial charge in [-0.25, -0.2) is 9.59 Å². The van der Waals surface area contributed by atoms with Crippen LogP contribution in [0.4, 0.5) is 5.69 Å². The summed E-state index contributed by atoms with van der Waals surface area (Å²) < 4.78 is 10.4. The largest absolute Gasteiger partial charge is 0.463 e. The van der Waals surface area contributed by atoms with Crippen molar-refractivity contribution in [3.63, 3.8) is 0 Å². The van der Waals surface area contributed by atoms with Crippen LogP contribution in [-0.2, 0) is 19.1 Å². The van der Waals surface area contributed by atoms with Crippen LogP contribution in [0.5, 0.6) is 0 Å². The second-order valence-electron chi connectivity index (χ2n) is 7.66. The number of esters is 2. The molecule has 0 saturated heterocycles. The number of carbonyl (C=O) groups excluding carboxylic acids is 3. The Bertz CT molecular complexity index is 659. The number of benzene rings is 1. The molecule has 0 heterocycles. The number of hydrogen-bond donors (Lipinski definition) is 1. The van der Waals surface area contributed by atoms with Gasteiger partial charge in [0.2, 0.25) is 5.91 Å². The first kappa shape index (κ1) is 25.7. The van der Waals surface area contributed by atoms with Gasteiger partial charge in [0.15, 0.2) is 6.10 Å². The van der Waals surface area contributed by atoms with Gasteiger partial charge < -0.3 is 14.8 Å². The van der Waals surface area contributed by atoms with Crippen molar-refractivity contribution in [2.45, 2.75) is 91.1 Å². The molecule has 30 heavy (non-hydrogen) atoms. The van der Waals surface area contributed by atoms with Crippen molar-refractivity contribution in [2.24, 2.45) is 0 Å². The van der Waals surface area contributed by atoms with Gasteiger partial charge in [0, 0.05) is 12.6 Å². The average Bonchev–Trinajstić information content (AvgIpc) is 2.71. The molecule has 0 radical (unpaired) electrons. The number of nitrogens with one attached hydrogen (secondary N) is 1. The second kappa shape index (κ2) is 15.5. The zero-order valence-corrected chi connectivity index (χ0v) is 18.7. The molecule has 0 aromatic heterocycles. The minimum Gasteiger partial charge on any atom is -0.463 e. The first-order valence-electron chi connectivity index (χ1n) is 11.2. The maximum atomic E-state index is 12.2. The molecule has 6 nitrogen and oxygen atoms in total. The van der Waals surface area contributed by atoms with Crippen LogP contribution in [-0.4, -0.2) is 30.6 Å². The number of ether oxygens (including phenoxy) is 2. The number of rotatable bonds is 15. The molecule has 1 aromatic rings. The Morgan fingerprint density at radius 1 is 0.933 bits per heavy atom. The van der Waals surface area contributed by atoms with Crippen LogP contribution in [0.15, 0.2) is 24.3 Å². The Hall–Kier alpha value is -2.37. The normalized spacial score (nSPS) is 11.6. The van der Waals surface area contributed by atoms with Crippen LogP contribution in [0.3, 0.4) is 0 Å². The van der Waals surface area contributed by atoms with E-state index in [9.17, 15) is 14.4 Å². The van der Waals surface area contributed by atoms with E-state index in [1.165, 1.54) is 64.9 Å². The van der Waals surface area contributed by atoms with Crippen LogP contribution in [0, 0.1) is 0 Å². The van der Waals surface area contributed by atoms with E-state index in [-0.39, 0.29) is 11.5 Å². The standard InChI is InChI=1S/C24H37NO5/c1-4-5-6-7-8-9-10-11-12-13-17-29-23(27)19(2)30-24(28)21-15-14-16-22(18-21)25-20(3)26/h14-16,18-19H,4-13,17H2,1-3H3,(H,25,26). The van der Waals surface area contributed by atoms with E-state index in [2.05, 4.69) is 12.2 Å². The Kier molecular flexibility index (Phi) is 13.2. The summed E-state index contributed by atoms with van der Waals surface area (Å²) in [5, 5.41) is 2.60. The maximum Gasteiger partial charge on any atom is 0.347 e. The highest BCUT2D eigenvalue weighted by Gasteiger charge is 2.20. The lowest BCUT2D eigenvalue weighted by molar-refractivity contribution is -0.153. The molecule has 0 aliphatic heterocycles. The molecular weight excluding hydrogens is 382 g/mol. The molecule has 1 unspecified atom stereocenters. The van der Waals surface area contributed by atoms with Crippen LogP contribution in [0.1, 0.15) is 95.3 Å². The minimum absolute atomic E-state index is 0.232. The van der Waals surface area contributed by atoms with Crippen molar-refractivity contribution in [3.8, 4) is 0 Å². The fourth-order valence-corrected chi connectivity index (χ4v) is 3.08. The predicted octanol–water partition coefficient (Wildman–Crippen LogP) is 5.65. The van der Waals surface area contributed by atoms with Gasteiger partial charge in [-0.1, -0.05) is 70.8 Å². The average molecular weight is 420 g/mol. The fraction of sp³-hybridized carbons (Fsp3) is 0.625. The number of hydrogen-bond acceptors (Lipinski definition) is 5. The number of unbranched alkanes of at least 4 members (excludes halogenated alkanes) is 9. The topological polar surface area (TPSA) is 81.7 Å². The van der Waals surface area contributed by atoms with Gasteiger partial charge in [-0.3, -0.25) is 4.79 Å². The molecule has 6 heteroatoms. The van der Waals surface area contributed by atoms with E-state index in [0.717, 1.165) is 19.3 Å². The number of anilines is 1. The summed E-state index contributed by atoms with van der Waals surface area (Å²) in [4.78, 5) is 35.4. The summed E-state index contributed by atoms with van der Waals surface area (Å²) in [5.41, 5.74) is 0.753. The van der Waals surface area contributed by atoms with Gasteiger partial charge in [0.1, 0.15) is 0 Å². The molecule has 0 bridgehead atoms. The predicted molar refractivity (Wildman–Crippen MR) is 118 cm³/mol. The molecule has 0 spiro atoms. The van der Waals surface area contributed by atoms with E-state index in [1.54, 1.807) is 18.2 Å². The zero-order valence-electron chi connectivity index (χ0n) is 18.7. The van der Waals surface area contributed by atoms with E-state index in [1.807, 2.05) is 0 Å². The monoisotopic (exact) mass is 419 g/mol. The molecule has 0 aliphatic rings. The third-order valence-electron chi connectivity index (χ3n) is 4.78. The first-order chi connectivity index (χ1) is 14.4. The molecule has 1 atom stereocenters. The van der Waals surface area contributed by atoms with Gasteiger partial charge in [0.25, 0.3) is 0 Å². The summed E-state index contributed by atoms with van der Waals surface area (Å²) in [6.07, 6.45) is 11.1. The van der Waals surface area contributed by atoms with Crippen LogP contribution in [0.25, 0.3) is 0 Å². The van der Waals surface area contributed by atoms with Gasteiger partial charge in [-0.05, 0) is 31.5 Å². The molecule has 1 rings (SSSR count). The lowest BCUT2D eigenvalue weighted by atomic mass is 10.1. The number of amides is 1. The first-order valence-corrected chi connectivity index (χ1v) is 11.2. The summed E-state index contributed by atoms with van der Waals surface area (Å²) in [7, 11) is 0. The molecule has 168 valence electrons. The van der Waals surface area contributed by atoms with Crippen molar-refractivity contribution in [2.75, 3.05) is 11.9 Å². The van der Waals surface area contributed by atoms with Crippen LogP contribution >= 0.6 is 0 Å². The minimum atomic E-state index is -0.981. The Morgan fingerprint density at radius 2 is 1.53 bits per heavy atom. The molecule has 1 amide bonds. The van der Waals surface area contributed by atoms with Crippen LogP contribution in [0.2, 0.25) is 0 Å². The van der Waals surface area contributed by atoms with Crippen molar-refractivity contribution < 1.29 is 23.9 Å². The molecule has 0 saturated carbocycles. The highest BCUT2D eigenvalue weighted by molar-refractivity contribution is 5.94. The van der Waals surface area contributed by atoms with Crippen molar-refractivity contribution >= 4 is 23.5 Å². The molecule has 0 fully saturated rings. The van der Waals surface area contributed by atoms with Gasteiger partial charge in [0.05, 0.1) is 12.2 Å². The second-order valence-corrected chi connectivity index (χ2v) is 7.66. The van der Waals surface area contributed by atoms with Crippen molar-refractivity contribution in [3.05, 3.63) is 29.8 Å². The van der Waals surface area contributed by atoms with E-state index >= 15 is 0 Å². The summed E-state index contributed by atoms with van der Waals surface area (Å²) in [5.74, 6) is -1.41. The quantitative estimate of drug-likeness (QED) is 0.293. The molecule has 1 aromatic carbocycles. The summed E-state index contributed by atoms with van der Waals surface area (Å²) in [6, 6.07) is 6.37. The third-order valence-corrected chi connectivity index (χ3v) is 4.78. The Balaban J connectivity index is 2.18. The lowest BCUT2D eigenvalue weighted by Crippen LogP contribution is -2.26. The Labute approximate surface area is 180 Å². The van der Waals surface area contributed by atoms with E-state index in [4.69, 9.17) is 9.47 Å². The summed E-state index contributed by atoms with van der Waals surface area (Å²) in [6.45, 7) is 5.45. The SMILES string of the molecule is CCCCCCCCCCCCOC(=O)C(C)OC(=O)c1cccc(NC(C)=O)c1. The third kappa shape index (κ3) is 11.6. The van der Waals surface area contributed by atoms with Crippen molar-refractivity contribution in [1.82, 2.24) is 0 Å². The van der Waals surface area contributed by atoms with E-state index < -0.39 is 18.0 Å². The maximum absolute atomic E-state index is 12.2. The summed E-state index contributed by atoms with van der Waals surface area (Å²) >= 11 is 0. The molecule has 0 aliphatic carbocycles.